The predicted molar refractivity (Wildman–Crippen MR) is 99.0 cm³/mol. The fraction of sp³-hybridized carbons (Fsp3) is 0.526. The average molecular weight is 384 g/mol. The highest BCUT2D eigenvalue weighted by atomic mass is 35.5. The summed E-state index contributed by atoms with van der Waals surface area (Å²) in [5.41, 5.74) is 0.202. The van der Waals surface area contributed by atoms with Gasteiger partial charge in [-0.05, 0) is 32.8 Å². The number of esters is 1. The highest BCUT2D eigenvalue weighted by Gasteiger charge is 2.36. The molecule has 6 nitrogen and oxygen atoms in total. The quantitative estimate of drug-likeness (QED) is 0.591. The molecule has 0 spiro atoms. The third-order valence-corrected chi connectivity index (χ3v) is 3.80. The number of nitrogens with zero attached hydrogens (tertiary/aromatic N) is 1. The maximum absolute atomic E-state index is 12.3. The second-order valence-corrected chi connectivity index (χ2v) is 7.14. The first kappa shape index (κ1) is 22.0. The molecule has 1 amide bonds. The molecule has 144 valence electrons. The molecule has 0 radical (unpaired) electrons. The summed E-state index contributed by atoms with van der Waals surface area (Å²) >= 11 is 0. The van der Waals surface area contributed by atoms with E-state index < -0.39 is 23.6 Å². The van der Waals surface area contributed by atoms with Gasteiger partial charge in [0.05, 0.1) is 0 Å². The van der Waals surface area contributed by atoms with Gasteiger partial charge >= 0.3 is 12.1 Å². The zero-order chi connectivity index (χ0) is 18.4. The lowest BCUT2D eigenvalue weighted by Gasteiger charge is -2.25. The number of hydrogen-bond acceptors (Lipinski definition) is 5. The highest BCUT2D eigenvalue weighted by molar-refractivity contribution is 6.00. The van der Waals surface area contributed by atoms with Crippen LogP contribution < -0.4 is 0 Å². The molecule has 0 aromatic heterocycles. The number of rotatable bonds is 3. The van der Waals surface area contributed by atoms with Gasteiger partial charge in [0, 0.05) is 19.5 Å². The van der Waals surface area contributed by atoms with Crippen LogP contribution >= 0.6 is 12.4 Å². The molecule has 0 aliphatic carbocycles. The molecule has 1 saturated heterocycles. The van der Waals surface area contributed by atoms with Gasteiger partial charge in [-0.2, -0.15) is 0 Å². The van der Waals surface area contributed by atoms with Crippen LogP contribution in [0.5, 0.6) is 0 Å². The fourth-order valence-electron chi connectivity index (χ4n) is 2.59. The fourth-order valence-corrected chi connectivity index (χ4v) is 2.59. The van der Waals surface area contributed by atoms with Gasteiger partial charge in [0.25, 0.3) is 0 Å². The Morgan fingerprint density at radius 1 is 1.19 bits per heavy atom. The Kier molecular flexibility index (Phi) is 8.08. The molecule has 0 N–H and O–H groups in total. The van der Waals surface area contributed by atoms with Crippen LogP contribution in [-0.2, 0) is 25.7 Å². The van der Waals surface area contributed by atoms with Crippen LogP contribution in [-0.4, -0.2) is 41.4 Å². The first-order chi connectivity index (χ1) is 11.8. The van der Waals surface area contributed by atoms with Crippen molar-refractivity contribution < 1.29 is 23.9 Å². The zero-order valence-electron chi connectivity index (χ0n) is 15.4. The number of ether oxygens (including phenoxy) is 2. The zero-order valence-corrected chi connectivity index (χ0v) is 16.2. The maximum atomic E-state index is 12.3. The largest absolute Gasteiger partial charge is 0.459 e. The van der Waals surface area contributed by atoms with E-state index in [-0.39, 0.29) is 37.8 Å². The van der Waals surface area contributed by atoms with Gasteiger partial charge in [0.15, 0.2) is 0 Å². The van der Waals surface area contributed by atoms with E-state index in [9.17, 15) is 14.4 Å². The first-order valence-electron chi connectivity index (χ1n) is 8.47. The van der Waals surface area contributed by atoms with Crippen molar-refractivity contribution in [2.45, 2.75) is 45.8 Å². The molecule has 1 heterocycles. The van der Waals surface area contributed by atoms with Crippen molar-refractivity contribution in [1.82, 2.24) is 4.90 Å². The molecule has 2 rings (SSSR count). The summed E-state index contributed by atoms with van der Waals surface area (Å²) in [6, 6.07) is 9.35. The van der Waals surface area contributed by atoms with Crippen LogP contribution in [0.4, 0.5) is 4.79 Å². The third-order valence-electron chi connectivity index (χ3n) is 3.80. The van der Waals surface area contributed by atoms with Crippen molar-refractivity contribution in [2.24, 2.45) is 5.92 Å². The molecule has 1 unspecified atom stereocenters. The molecule has 1 atom stereocenters. The van der Waals surface area contributed by atoms with Crippen LogP contribution in [0.2, 0.25) is 0 Å². The lowest BCUT2D eigenvalue weighted by Crippen LogP contribution is -2.41. The van der Waals surface area contributed by atoms with Crippen molar-refractivity contribution in [2.75, 3.05) is 13.1 Å². The SMILES string of the molecule is CC(C)(C)OC(=O)C1CN(C(=O)OCc2ccccc2)CCCC1=O.Cl. The van der Waals surface area contributed by atoms with Gasteiger partial charge in [-0.1, -0.05) is 30.3 Å². The minimum absolute atomic E-state index is 0. The number of carbonyl (C=O) groups excluding carboxylic acids is 3. The van der Waals surface area contributed by atoms with E-state index in [0.717, 1.165) is 5.56 Å². The topological polar surface area (TPSA) is 72.9 Å². The maximum Gasteiger partial charge on any atom is 0.410 e. The molecule has 1 aliphatic rings. The Morgan fingerprint density at radius 2 is 1.85 bits per heavy atom. The predicted octanol–water partition coefficient (Wildman–Crippen LogP) is 3.37. The summed E-state index contributed by atoms with van der Waals surface area (Å²) in [6.07, 6.45) is 0.248. The van der Waals surface area contributed by atoms with E-state index >= 15 is 0 Å². The second kappa shape index (κ2) is 9.57. The third kappa shape index (κ3) is 6.67. The number of carbonyl (C=O) groups is 3. The van der Waals surface area contributed by atoms with E-state index in [4.69, 9.17) is 9.47 Å². The summed E-state index contributed by atoms with van der Waals surface area (Å²) < 4.78 is 10.6. The molecule has 0 saturated carbocycles. The number of halogens is 1. The average Bonchev–Trinajstić information content (AvgIpc) is 2.74. The van der Waals surface area contributed by atoms with Gasteiger partial charge in [0.2, 0.25) is 0 Å². The van der Waals surface area contributed by atoms with E-state index in [0.29, 0.717) is 13.0 Å². The number of hydrogen-bond donors (Lipinski definition) is 0. The molecular weight excluding hydrogens is 358 g/mol. The number of amides is 1. The lowest BCUT2D eigenvalue weighted by molar-refractivity contribution is -0.162. The molecule has 1 fully saturated rings. The summed E-state index contributed by atoms with van der Waals surface area (Å²) in [4.78, 5) is 38.3. The van der Waals surface area contributed by atoms with Crippen molar-refractivity contribution >= 4 is 30.3 Å². The molecule has 1 aromatic carbocycles. The van der Waals surface area contributed by atoms with Gasteiger partial charge in [-0.3, -0.25) is 9.59 Å². The van der Waals surface area contributed by atoms with Crippen molar-refractivity contribution in [3.63, 3.8) is 0 Å². The van der Waals surface area contributed by atoms with E-state index in [1.807, 2.05) is 30.3 Å². The van der Waals surface area contributed by atoms with Crippen LogP contribution in [0, 0.1) is 5.92 Å². The Hall–Kier alpha value is -2.08. The van der Waals surface area contributed by atoms with E-state index in [1.165, 1.54) is 4.90 Å². The first-order valence-corrected chi connectivity index (χ1v) is 8.47. The Labute approximate surface area is 160 Å². The van der Waals surface area contributed by atoms with Crippen molar-refractivity contribution in [3.05, 3.63) is 35.9 Å². The van der Waals surface area contributed by atoms with Crippen LogP contribution in [0.15, 0.2) is 30.3 Å². The number of benzene rings is 1. The van der Waals surface area contributed by atoms with Gasteiger partial charge < -0.3 is 14.4 Å². The van der Waals surface area contributed by atoms with Crippen molar-refractivity contribution in [3.8, 4) is 0 Å². The van der Waals surface area contributed by atoms with Crippen molar-refractivity contribution in [1.29, 1.82) is 0 Å². The molecule has 7 heteroatoms. The molecule has 0 bridgehead atoms. The van der Waals surface area contributed by atoms with Crippen LogP contribution in [0.3, 0.4) is 0 Å². The summed E-state index contributed by atoms with van der Waals surface area (Å²) in [5, 5.41) is 0. The Bertz CT molecular complexity index is 627. The standard InChI is InChI=1S/C19H25NO5.ClH/c1-19(2,3)25-17(22)15-12-20(11-7-10-16(15)21)18(23)24-13-14-8-5-4-6-9-14;/h4-6,8-9,15H,7,10-13H2,1-3H3;1H. The summed E-state index contributed by atoms with van der Waals surface area (Å²) in [5.74, 6) is -1.72. The normalized spacial score (nSPS) is 17.7. The van der Waals surface area contributed by atoms with E-state index in [1.54, 1.807) is 20.8 Å². The summed E-state index contributed by atoms with van der Waals surface area (Å²) in [6.45, 7) is 5.79. The van der Waals surface area contributed by atoms with Gasteiger partial charge in [-0.15, -0.1) is 12.4 Å². The van der Waals surface area contributed by atoms with E-state index in [2.05, 4.69) is 0 Å². The second-order valence-electron chi connectivity index (χ2n) is 7.14. The van der Waals surface area contributed by atoms with Crippen LogP contribution in [0.25, 0.3) is 0 Å². The Balaban J connectivity index is 0.00000338. The smallest absolute Gasteiger partial charge is 0.410 e. The number of ketones is 1. The highest BCUT2D eigenvalue weighted by Crippen LogP contribution is 2.19. The molecule has 1 aromatic rings. The minimum atomic E-state index is -0.953. The summed E-state index contributed by atoms with van der Waals surface area (Å²) in [7, 11) is 0. The molecule has 1 aliphatic heterocycles. The van der Waals surface area contributed by atoms with Gasteiger partial charge in [0.1, 0.15) is 23.9 Å². The monoisotopic (exact) mass is 383 g/mol. The number of likely N-dealkylation sites (tertiary alicyclic amines) is 1. The number of Topliss-reactive ketones (excluding diaryl/α,β-unsaturated/α-hetero) is 1. The Morgan fingerprint density at radius 3 is 2.46 bits per heavy atom. The van der Waals surface area contributed by atoms with Gasteiger partial charge in [-0.25, -0.2) is 4.79 Å². The minimum Gasteiger partial charge on any atom is -0.459 e. The molecular formula is C19H26ClNO5. The lowest BCUT2D eigenvalue weighted by atomic mass is 10.0. The molecule has 26 heavy (non-hydrogen) atoms. The van der Waals surface area contributed by atoms with Crippen LogP contribution in [0.1, 0.15) is 39.2 Å².